The lowest BCUT2D eigenvalue weighted by molar-refractivity contribution is 0.302. The predicted molar refractivity (Wildman–Crippen MR) is 81.0 cm³/mol. The number of nitrogens with one attached hydrogen (secondary N) is 1. The Morgan fingerprint density at radius 2 is 1.74 bits per heavy atom. The van der Waals surface area contributed by atoms with Crippen molar-refractivity contribution in [2.45, 2.75) is 58.9 Å². The molecule has 0 bridgehead atoms. The van der Waals surface area contributed by atoms with Gasteiger partial charge >= 0.3 is 0 Å². The summed E-state index contributed by atoms with van der Waals surface area (Å²) in [4.78, 5) is 0. The van der Waals surface area contributed by atoms with Gasteiger partial charge in [-0.2, -0.15) is 0 Å². The van der Waals surface area contributed by atoms with E-state index in [1.165, 1.54) is 42.4 Å². The molecule has 0 saturated heterocycles. The van der Waals surface area contributed by atoms with E-state index in [-0.39, 0.29) is 0 Å². The first-order valence-electron chi connectivity index (χ1n) is 7.61. The Labute approximate surface area is 117 Å². The highest BCUT2D eigenvalue weighted by Gasteiger charge is 2.13. The molecule has 1 aromatic carbocycles. The molecule has 19 heavy (non-hydrogen) atoms. The second kappa shape index (κ2) is 6.95. The molecule has 0 spiro atoms. The summed E-state index contributed by atoms with van der Waals surface area (Å²) in [7, 11) is 0. The van der Waals surface area contributed by atoms with Crippen molar-refractivity contribution in [3.8, 4) is 5.75 Å². The van der Waals surface area contributed by atoms with Crippen LogP contribution in [0.15, 0.2) is 12.1 Å². The van der Waals surface area contributed by atoms with Crippen LogP contribution >= 0.6 is 0 Å². The van der Waals surface area contributed by atoms with Crippen molar-refractivity contribution in [3.05, 3.63) is 28.8 Å². The zero-order chi connectivity index (χ0) is 13.7. The van der Waals surface area contributed by atoms with E-state index >= 15 is 0 Å². The van der Waals surface area contributed by atoms with Gasteiger partial charge in [-0.25, -0.2) is 0 Å². The van der Waals surface area contributed by atoms with Gasteiger partial charge in [-0.05, 0) is 69.3 Å². The number of hydrogen-bond acceptors (Lipinski definition) is 2. The third-order valence-electron chi connectivity index (χ3n) is 4.16. The number of ether oxygens (including phenoxy) is 1. The van der Waals surface area contributed by atoms with Crippen LogP contribution in [-0.4, -0.2) is 19.2 Å². The maximum absolute atomic E-state index is 5.90. The molecular weight excluding hydrogens is 234 g/mol. The van der Waals surface area contributed by atoms with E-state index in [0.29, 0.717) is 0 Å². The molecule has 0 amide bonds. The van der Waals surface area contributed by atoms with Gasteiger partial charge in [-0.3, -0.25) is 0 Å². The maximum Gasteiger partial charge on any atom is 0.122 e. The van der Waals surface area contributed by atoms with Crippen LogP contribution in [-0.2, 0) is 0 Å². The molecular formula is C17H27NO. The van der Waals surface area contributed by atoms with Gasteiger partial charge in [0, 0.05) is 6.04 Å². The van der Waals surface area contributed by atoms with Crippen LogP contribution in [0.25, 0.3) is 0 Å². The Morgan fingerprint density at radius 1 is 1.05 bits per heavy atom. The van der Waals surface area contributed by atoms with Crippen LogP contribution in [0.1, 0.15) is 48.8 Å². The monoisotopic (exact) mass is 261 g/mol. The zero-order valence-electron chi connectivity index (χ0n) is 12.6. The van der Waals surface area contributed by atoms with E-state index in [2.05, 4.69) is 38.2 Å². The molecule has 0 aliphatic heterocycles. The van der Waals surface area contributed by atoms with Gasteiger partial charge in [-0.1, -0.05) is 18.9 Å². The summed E-state index contributed by atoms with van der Waals surface area (Å²) in [5, 5.41) is 3.62. The molecule has 1 aliphatic rings. The predicted octanol–water partition coefficient (Wildman–Crippen LogP) is 3.91. The number of rotatable bonds is 6. The fourth-order valence-electron chi connectivity index (χ4n) is 2.78. The van der Waals surface area contributed by atoms with E-state index in [1.807, 2.05) is 0 Å². The van der Waals surface area contributed by atoms with E-state index < -0.39 is 0 Å². The normalized spacial score (nSPS) is 15.9. The zero-order valence-corrected chi connectivity index (χ0v) is 12.6. The molecule has 0 radical (unpaired) electrons. The van der Waals surface area contributed by atoms with Crippen LogP contribution < -0.4 is 10.1 Å². The fraction of sp³-hybridized carbons (Fsp3) is 0.647. The van der Waals surface area contributed by atoms with Gasteiger partial charge in [0.05, 0.1) is 6.61 Å². The van der Waals surface area contributed by atoms with Crippen LogP contribution in [0.3, 0.4) is 0 Å². The second-order valence-corrected chi connectivity index (χ2v) is 5.84. The van der Waals surface area contributed by atoms with Crippen LogP contribution in [0, 0.1) is 20.8 Å². The summed E-state index contributed by atoms with van der Waals surface area (Å²) in [6.07, 6.45) is 6.60. The second-order valence-electron chi connectivity index (χ2n) is 5.84. The lowest BCUT2D eigenvalue weighted by Gasteiger charge is -2.14. The maximum atomic E-state index is 5.90. The van der Waals surface area contributed by atoms with Gasteiger partial charge in [0.15, 0.2) is 0 Å². The van der Waals surface area contributed by atoms with Gasteiger partial charge in [0.25, 0.3) is 0 Å². The molecule has 1 N–H and O–H groups in total. The van der Waals surface area contributed by atoms with Crippen LogP contribution in [0.2, 0.25) is 0 Å². The molecule has 0 aromatic heterocycles. The van der Waals surface area contributed by atoms with Crippen LogP contribution in [0.5, 0.6) is 5.75 Å². The third kappa shape index (κ3) is 4.24. The molecule has 2 nitrogen and oxygen atoms in total. The average Bonchev–Trinajstić information content (AvgIpc) is 2.88. The summed E-state index contributed by atoms with van der Waals surface area (Å²) in [5.74, 6) is 1.05. The molecule has 1 aliphatic carbocycles. The van der Waals surface area contributed by atoms with Gasteiger partial charge in [-0.15, -0.1) is 0 Å². The Balaban J connectivity index is 1.69. The summed E-state index contributed by atoms with van der Waals surface area (Å²) < 4.78 is 5.90. The van der Waals surface area contributed by atoms with E-state index in [0.717, 1.165) is 31.4 Å². The first-order valence-corrected chi connectivity index (χ1v) is 7.61. The SMILES string of the molecule is Cc1cc(C)c(OCCCNC2CCCC2)cc1C. The molecule has 106 valence electrons. The molecule has 0 unspecified atom stereocenters. The fourth-order valence-corrected chi connectivity index (χ4v) is 2.78. The summed E-state index contributed by atoms with van der Waals surface area (Å²) >= 11 is 0. The van der Waals surface area contributed by atoms with E-state index in [4.69, 9.17) is 4.74 Å². The molecule has 2 rings (SSSR count). The lowest BCUT2D eigenvalue weighted by Crippen LogP contribution is -2.27. The number of hydrogen-bond donors (Lipinski definition) is 1. The highest BCUT2D eigenvalue weighted by Crippen LogP contribution is 2.22. The Hall–Kier alpha value is -1.02. The molecule has 2 heteroatoms. The van der Waals surface area contributed by atoms with Crippen molar-refractivity contribution in [1.82, 2.24) is 5.32 Å². The smallest absolute Gasteiger partial charge is 0.122 e. The summed E-state index contributed by atoms with van der Waals surface area (Å²) in [6.45, 7) is 8.30. The minimum absolute atomic E-state index is 0.767. The highest BCUT2D eigenvalue weighted by molar-refractivity contribution is 5.40. The summed E-state index contributed by atoms with van der Waals surface area (Å²) in [5.41, 5.74) is 3.89. The van der Waals surface area contributed by atoms with Crippen molar-refractivity contribution in [3.63, 3.8) is 0 Å². The molecule has 1 aromatic rings. The lowest BCUT2D eigenvalue weighted by atomic mass is 10.1. The van der Waals surface area contributed by atoms with Gasteiger partial charge < -0.3 is 10.1 Å². The minimum Gasteiger partial charge on any atom is -0.493 e. The topological polar surface area (TPSA) is 21.3 Å². The Morgan fingerprint density at radius 3 is 2.47 bits per heavy atom. The third-order valence-corrected chi connectivity index (χ3v) is 4.16. The van der Waals surface area contributed by atoms with Crippen molar-refractivity contribution >= 4 is 0 Å². The first kappa shape index (κ1) is 14.4. The standard InChI is InChI=1S/C17H27NO/c1-13-11-15(3)17(12-14(13)2)19-10-6-9-18-16-7-4-5-8-16/h11-12,16,18H,4-10H2,1-3H3. The van der Waals surface area contributed by atoms with E-state index in [9.17, 15) is 0 Å². The quantitative estimate of drug-likeness (QED) is 0.784. The van der Waals surface area contributed by atoms with Crippen molar-refractivity contribution < 1.29 is 4.74 Å². The number of benzene rings is 1. The molecule has 0 atom stereocenters. The summed E-state index contributed by atoms with van der Waals surface area (Å²) in [6, 6.07) is 5.14. The van der Waals surface area contributed by atoms with Crippen molar-refractivity contribution in [2.75, 3.05) is 13.2 Å². The average molecular weight is 261 g/mol. The minimum atomic E-state index is 0.767. The Kier molecular flexibility index (Phi) is 5.26. The molecule has 1 saturated carbocycles. The van der Waals surface area contributed by atoms with Gasteiger partial charge in [0.2, 0.25) is 0 Å². The Bertz CT molecular complexity index is 408. The molecule has 1 fully saturated rings. The number of aryl methyl sites for hydroxylation is 3. The van der Waals surface area contributed by atoms with E-state index in [1.54, 1.807) is 0 Å². The van der Waals surface area contributed by atoms with Crippen molar-refractivity contribution in [2.24, 2.45) is 0 Å². The molecule has 0 heterocycles. The van der Waals surface area contributed by atoms with Crippen molar-refractivity contribution in [1.29, 1.82) is 0 Å². The largest absolute Gasteiger partial charge is 0.493 e. The van der Waals surface area contributed by atoms with Gasteiger partial charge in [0.1, 0.15) is 5.75 Å². The van der Waals surface area contributed by atoms with Crippen LogP contribution in [0.4, 0.5) is 0 Å². The highest BCUT2D eigenvalue weighted by atomic mass is 16.5. The first-order chi connectivity index (χ1) is 9.16.